The molecule has 0 aliphatic carbocycles. The molecule has 2 aromatic rings. The number of amides is 3. The van der Waals surface area contributed by atoms with Gasteiger partial charge in [-0.25, -0.2) is 9.59 Å². The second-order valence-corrected chi connectivity index (χ2v) is 6.31. The minimum absolute atomic E-state index is 0.504. The van der Waals surface area contributed by atoms with Crippen molar-refractivity contribution < 1.29 is 19.1 Å². The third-order valence-electron chi connectivity index (χ3n) is 3.93. The van der Waals surface area contributed by atoms with Gasteiger partial charge in [-0.2, -0.15) is 5.10 Å². The number of ether oxygens (including phenoxy) is 1. The summed E-state index contributed by atoms with van der Waals surface area (Å²) < 4.78 is 6.61. The molecule has 0 saturated heterocycles. The number of carbonyl (C=O) groups is 3. The maximum Gasteiger partial charge on any atom is 0.331 e. The van der Waals surface area contributed by atoms with E-state index >= 15 is 0 Å². The minimum atomic E-state index is -0.721. The second kappa shape index (κ2) is 9.70. The van der Waals surface area contributed by atoms with Crippen LogP contribution >= 0.6 is 11.6 Å². The van der Waals surface area contributed by atoms with Crippen LogP contribution < -0.4 is 10.6 Å². The van der Waals surface area contributed by atoms with E-state index in [0.29, 0.717) is 11.6 Å². The van der Waals surface area contributed by atoms with Crippen molar-refractivity contribution in [3.05, 3.63) is 57.9 Å². The van der Waals surface area contributed by atoms with Crippen molar-refractivity contribution in [2.24, 2.45) is 0 Å². The highest BCUT2D eigenvalue weighted by Gasteiger charge is 2.12. The fourth-order valence-electron chi connectivity index (χ4n) is 2.46. The van der Waals surface area contributed by atoms with Crippen molar-refractivity contribution in [1.82, 2.24) is 20.4 Å². The molecule has 0 radical (unpaired) electrons. The first-order valence-corrected chi connectivity index (χ1v) is 8.83. The molecule has 0 atom stereocenters. The molecule has 0 fully saturated rings. The van der Waals surface area contributed by atoms with Crippen LogP contribution in [0.5, 0.6) is 0 Å². The lowest BCUT2D eigenvalue weighted by Gasteiger charge is -2.06. The van der Waals surface area contributed by atoms with Crippen molar-refractivity contribution in [2.75, 3.05) is 13.7 Å². The lowest BCUT2D eigenvalue weighted by atomic mass is 10.1. The standard InChI is InChI=1S/C19H21ClN4O4/c1-12-15(8-9-18(26)28-11-17(25)22-19(27)21-3)13(2)24(23-12)10-14-6-4-5-7-16(14)20/h4-9H,10-11H2,1-3H3,(H2,21,22,25,27)/b9-8+. The molecular weight excluding hydrogens is 384 g/mol. The van der Waals surface area contributed by atoms with Gasteiger partial charge in [0.25, 0.3) is 5.91 Å². The summed E-state index contributed by atoms with van der Waals surface area (Å²) in [6, 6.07) is 6.84. The average Bonchev–Trinajstić information content (AvgIpc) is 2.93. The maximum absolute atomic E-state index is 11.8. The van der Waals surface area contributed by atoms with E-state index in [-0.39, 0.29) is 0 Å². The number of nitrogens with one attached hydrogen (secondary N) is 2. The van der Waals surface area contributed by atoms with Crippen LogP contribution in [0.15, 0.2) is 30.3 Å². The number of benzene rings is 1. The molecule has 0 aliphatic heterocycles. The predicted octanol–water partition coefficient (Wildman–Crippen LogP) is 2.21. The zero-order valence-corrected chi connectivity index (χ0v) is 16.5. The SMILES string of the molecule is CNC(=O)NC(=O)COC(=O)/C=C/c1c(C)nn(Cc2ccccc2Cl)c1C. The van der Waals surface area contributed by atoms with Crippen molar-refractivity contribution in [2.45, 2.75) is 20.4 Å². The molecular formula is C19H21ClN4O4. The second-order valence-electron chi connectivity index (χ2n) is 5.90. The highest BCUT2D eigenvalue weighted by Crippen LogP contribution is 2.20. The van der Waals surface area contributed by atoms with E-state index in [2.05, 4.69) is 10.4 Å². The van der Waals surface area contributed by atoms with Gasteiger partial charge in [-0.1, -0.05) is 29.8 Å². The van der Waals surface area contributed by atoms with Crippen molar-refractivity contribution in [1.29, 1.82) is 0 Å². The molecule has 0 bridgehead atoms. The molecule has 0 aliphatic rings. The number of aromatic nitrogens is 2. The van der Waals surface area contributed by atoms with Crippen LogP contribution in [0.3, 0.4) is 0 Å². The van der Waals surface area contributed by atoms with Crippen molar-refractivity contribution >= 4 is 35.6 Å². The van der Waals surface area contributed by atoms with Gasteiger partial charge < -0.3 is 10.1 Å². The molecule has 9 heteroatoms. The molecule has 0 saturated carbocycles. The average molecular weight is 405 g/mol. The highest BCUT2D eigenvalue weighted by atomic mass is 35.5. The smallest absolute Gasteiger partial charge is 0.331 e. The Morgan fingerprint density at radius 2 is 1.96 bits per heavy atom. The normalized spacial score (nSPS) is 10.7. The fourth-order valence-corrected chi connectivity index (χ4v) is 2.65. The molecule has 2 rings (SSSR count). The fraction of sp³-hybridized carbons (Fsp3) is 0.263. The van der Waals surface area contributed by atoms with Crippen LogP contribution in [0.1, 0.15) is 22.5 Å². The van der Waals surface area contributed by atoms with Gasteiger partial charge in [-0.3, -0.25) is 14.8 Å². The third kappa shape index (κ3) is 5.68. The van der Waals surface area contributed by atoms with E-state index in [1.165, 1.54) is 13.1 Å². The van der Waals surface area contributed by atoms with E-state index in [1.54, 1.807) is 10.8 Å². The Bertz CT molecular complexity index is 921. The first-order valence-electron chi connectivity index (χ1n) is 8.45. The largest absolute Gasteiger partial charge is 0.452 e. The summed E-state index contributed by atoms with van der Waals surface area (Å²) in [4.78, 5) is 34.2. The number of urea groups is 1. The van der Waals surface area contributed by atoms with Gasteiger partial charge in [-0.05, 0) is 31.6 Å². The zero-order valence-electron chi connectivity index (χ0n) is 15.8. The summed E-state index contributed by atoms with van der Waals surface area (Å²) >= 11 is 6.20. The molecule has 2 N–H and O–H groups in total. The van der Waals surface area contributed by atoms with E-state index < -0.39 is 24.5 Å². The molecule has 1 heterocycles. The van der Waals surface area contributed by atoms with Crippen molar-refractivity contribution in [3.8, 4) is 0 Å². The lowest BCUT2D eigenvalue weighted by molar-refractivity contribution is -0.143. The molecule has 3 amide bonds. The summed E-state index contributed by atoms with van der Waals surface area (Å²) in [6.07, 6.45) is 2.80. The predicted molar refractivity (Wildman–Crippen MR) is 105 cm³/mol. The van der Waals surface area contributed by atoms with Crippen LogP contribution in [0.2, 0.25) is 5.02 Å². The Hall–Kier alpha value is -3.13. The summed E-state index contributed by atoms with van der Waals surface area (Å²) in [5.74, 6) is -1.43. The number of rotatable bonds is 6. The first-order chi connectivity index (χ1) is 13.3. The van der Waals surface area contributed by atoms with E-state index in [9.17, 15) is 14.4 Å². The summed E-state index contributed by atoms with van der Waals surface area (Å²) in [5, 5.41) is 9.36. The number of hydrogen-bond donors (Lipinski definition) is 2. The highest BCUT2D eigenvalue weighted by molar-refractivity contribution is 6.31. The molecule has 1 aromatic heterocycles. The van der Waals surface area contributed by atoms with Crippen LogP contribution in [0.25, 0.3) is 6.08 Å². The monoisotopic (exact) mass is 404 g/mol. The van der Waals surface area contributed by atoms with Crippen LogP contribution in [-0.4, -0.2) is 41.3 Å². The van der Waals surface area contributed by atoms with E-state index in [1.807, 2.05) is 43.4 Å². The zero-order chi connectivity index (χ0) is 20.7. The number of nitrogens with zero attached hydrogens (tertiary/aromatic N) is 2. The first kappa shape index (κ1) is 21.2. The number of imide groups is 1. The van der Waals surface area contributed by atoms with Crippen LogP contribution in [-0.2, 0) is 20.9 Å². The Morgan fingerprint density at radius 1 is 1.25 bits per heavy atom. The van der Waals surface area contributed by atoms with Gasteiger partial charge in [-0.15, -0.1) is 0 Å². The minimum Gasteiger partial charge on any atom is -0.452 e. The lowest BCUT2D eigenvalue weighted by Crippen LogP contribution is -2.39. The van der Waals surface area contributed by atoms with Gasteiger partial charge in [0.1, 0.15) is 0 Å². The van der Waals surface area contributed by atoms with Crippen LogP contribution in [0.4, 0.5) is 4.79 Å². The number of hydrogen-bond acceptors (Lipinski definition) is 5. The van der Waals surface area contributed by atoms with Crippen LogP contribution in [0, 0.1) is 13.8 Å². The number of halogens is 1. The third-order valence-corrected chi connectivity index (χ3v) is 4.30. The van der Waals surface area contributed by atoms with E-state index in [4.69, 9.17) is 16.3 Å². The Kier molecular flexibility index (Phi) is 7.34. The van der Waals surface area contributed by atoms with E-state index in [0.717, 1.165) is 22.5 Å². The maximum atomic E-state index is 11.8. The Labute approximate surface area is 167 Å². The van der Waals surface area contributed by atoms with Gasteiger partial charge in [0.15, 0.2) is 6.61 Å². The Balaban J connectivity index is 2.01. The number of esters is 1. The number of carbonyl (C=O) groups excluding carboxylic acids is 3. The quantitative estimate of drug-likeness (QED) is 0.567. The summed E-state index contributed by atoms with van der Waals surface area (Å²) in [7, 11) is 1.37. The molecule has 0 unspecified atom stereocenters. The topological polar surface area (TPSA) is 102 Å². The number of aryl methyl sites for hydroxylation is 1. The molecule has 0 spiro atoms. The molecule has 8 nitrogen and oxygen atoms in total. The van der Waals surface area contributed by atoms with Gasteiger partial charge in [0.2, 0.25) is 0 Å². The van der Waals surface area contributed by atoms with Gasteiger partial charge in [0, 0.05) is 29.4 Å². The Morgan fingerprint density at radius 3 is 2.64 bits per heavy atom. The van der Waals surface area contributed by atoms with Crippen molar-refractivity contribution in [3.63, 3.8) is 0 Å². The van der Waals surface area contributed by atoms with Gasteiger partial charge in [0.05, 0.1) is 12.2 Å². The van der Waals surface area contributed by atoms with Gasteiger partial charge >= 0.3 is 12.0 Å². The molecule has 28 heavy (non-hydrogen) atoms. The summed E-state index contributed by atoms with van der Waals surface area (Å²) in [5.41, 5.74) is 3.32. The summed E-state index contributed by atoms with van der Waals surface area (Å²) in [6.45, 7) is 3.67. The molecule has 1 aromatic carbocycles. The molecule has 148 valence electrons.